The summed E-state index contributed by atoms with van der Waals surface area (Å²) in [5, 5.41) is 0. The van der Waals surface area contributed by atoms with Gasteiger partial charge >= 0.3 is 11.9 Å². The van der Waals surface area contributed by atoms with Crippen LogP contribution in [0.25, 0.3) is 67.8 Å². The zero-order valence-corrected chi connectivity index (χ0v) is 54.4. The third kappa shape index (κ3) is 28.5. The Bertz CT molecular complexity index is 3320. The molecule has 8 aromatic carbocycles. The molecular formula is C94H142N4O4. The van der Waals surface area contributed by atoms with Crippen LogP contribution in [0.5, 0.6) is 0 Å². The fourth-order valence-electron chi connectivity index (χ4n) is 12.0. The molecule has 0 saturated carbocycles. The molecule has 6 unspecified atom stereocenters. The van der Waals surface area contributed by atoms with Crippen molar-refractivity contribution in [3.8, 4) is 67.8 Å². The second-order valence-electron chi connectivity index (χ2n) is 23.5. The van der Waals surface area contributed by atoms with Crippen LogP contribution in [0.2, 0.25) is 0 Å². The lowest BCUT2D eigenvalue weighted by Crippen LogP contribution is -2.22. The summed E-state index contributed by atoms with van der Waals surface area (Å²) in [5.74, 6) is 2.17. The predicted octanol–water partition coefficient (Wildman–Crippen LogP) is 29.6. The number of H-pyrrole nitrogens is 2. The normalized spacial score (nSPS) is 11.5. The molecule has 0 saturated heterocycles. The number of hydrogen-bond donors (Lipinski definition) is 2. The largest absolute Gasteiger partial charge is 0.465 e. The van der Waals surface area contributed by atoms with Crippen molar-refractivity contribution in [1.29, 1.82) is 0 Å². The van der Waals surface area contributed by atoms with Gasteiger partial charge in [-0.15, -0.1) is 0 Å². The van der Waals surface area contributed by atoms with Crippen molar-refractivity contribution in [3.05, 3.63) is 253 Å². The third-order valence-corrected chi connectivity index (χ3v) is 17.2. The van der Waals surface area contributed by atoms with Gasteiger partial charge in [-0.1, -0.05) is 376 Å². The average molecular weight is 1390 g/mol. The minimum atomic E-state index is -0.173. The molecule has 0 aliphatic rings. The molecule has 102 heavy (non-hydrogen) atoms. The fourth-order valence-corrected chi connectivity index (χ4v) is 12.0. The summed E-state index contributed by atoms with van der Waals surface area (Å²) < 4.78 is 11.6. The third-order valence-electron chi connectivity index (χ3n) is 17.2. The van der Waals surface area contributed by atoms with Crippen LogP contribution in [-0.4, -0.2) is 45.1 Å². The minimum absolute atomic E-state index is 0. The van der Waals surface area contributed by atoms with Crippen molar-refractivity contribution in [1.82, 2.24) is 19.9 Å². The second kappa shape index (κ2) is 53.9. The highest BCUT2D eigenvalue weighted by molar-refractivity contribution is 5.83. The lowest BCUT2D eigenvalue weighted by molar-refractivity contribution is -0.150. The number of imidazole rings is 2. The lowest BCUT2D eigenvalue weighted by Gasteiger charge is -2.25. The van der Waals surface area contributed by atoms with Gasteiger partial charge < -0.3 is 19.4 Å². The lowest BCUT2D eigenvalue weighted by atomic mass is 9.81. The number of esters is 2. The van der Waals surface area contributed by atoms with E-state index in [9.17, 15) is 9.59 Å². The SMILES string of the molecule is C.C.C.C.C.C.C.C.C.C.C.C.CC.CCCCOC(=O)C(CC(C)c1ccccc1)CC(CC)c1cccc(-c2nc(-c3ccccc3)c(-c3ccccc3)[nH]2)c1.CCCCOC(=O)C(CC(C)c1ccccc1)CC(CC)c1cccc(-c2nc(-c3ccccc3)c(-c3ccccc3)[nH]2)c1. The van der Waals surface area contributed by atoms with Crippen LogP contribution < -0.4 is 0 Å². The molecule has 0 aliphatic heterocycles. The van der Waals surface area contributed by atoms with Crippen molar-refractivity contribution < 1.29 is 19.1 Å². The minimum Gasteiger partial charge on any atom is -0.465 e. The zero-order chi connectivity index (χ0) is 63.5. The van der Waals surface area contributed by atoms with Crippen LogP contribution in [0, 0.1) is 11.8 Å². The van der Waals surface area contributed by atoms with E-state index in [4.69, 9.17) is 19.4 Å². The molecule has 10 aromatic rings. The highest BCUT2D eigenvalue weighted by Gasteiger charge is 2.30. The molecule has 0 fully saturated rings. The van der Waals surface area contributed by atoms with E-state index in [-0.39, 0.29) is 137 Å². The molecule has 0 amide bonds. The maximum absolute atomic E-state index is 13.4. The zero-order valence-electron chi connectivity index (χ0n) is 54.4. The number of benzene rings is 8. The molecule has 2 aromatic heterocycles. The van der Waals surface area contributed by atoms with E-state index in [0.717, 1.165) is 132 Å². The van der Waals surface area contributed by atoms with Gasteiger partial charge in [-0.25, -0.2) is 9.97 Å². The summed E-state index contributed by atoms with van der Waals surface area (Å²) in [7, 11) is 0. The molecule has 2 N–H and O–H groups in total. The van der Waals surface area contributed by atoms with Gasteiger partial charge in [0, 0.05) is 33.4 Å². The molecule has 0 bridgehead atoms. The van der Waals surface area contributed by atoms with Crippen molar-refractivity contribution in [2.45, 2.75) is 232 Å². The quantitative estimate of drug-likeness (QED) is 0.0373. The maximum Gasteiger partial charge on any atom is 0.308 e. The van der Waals surface area contributed by atoms with Gasteiger partial charge in [-0.05, 0) is 109 Å². The Morgan fingerprint density at radius 3 is 0.892 bits per heavy atom. The fraction of sp³-hybridized carbons (Fsp3) is 0.404. The summed E-state index contributed by atoms with van der Waals surface area (Å²) in [5.41, 5.74) is 15.3. The molecule has 2 heterocycles. The van der Waals surface area contributed by atoms with Crippen molar-refractivity contribution in [2.75, 3.05) is 13.2 Å². The van der Waals surface area contributed by atoms with Gasteiger partial charge in [0.1, 0.15) is 11.6 Å². The van der Waals surface area contributed by atoms with E-state index in [1.54, 1.807) is 0 Å². The van der Waals surface area contributed by atoms with Crippen molar-refractivity contribution in [3.63, 3.8) is 0 Å². The topological polar surface area (TPSA) is 110 Å². The molecular weight excluding hydrogens is 1250 g/mol. The van der Waals surface area contributed by atoms with E-state index in [1.807, 2.05) is 74.5 Å². The Hall–Kier alpha value is -8.88. The highest BCUT2D eigenvalue weighted by Crippen LogP contribution is 2.40. The molecule has 8 nitrogen and oxygen atoms in total. The van der Waals surface area contributed by atoms with E-state index in [0.29, 0.717) is 13.2 Å². The number of nitrogens with zero attached hydrogens (tertiary/aromatic N) is 2. The monoisotopic (exact) mass is 1390 g/mol. The molecule has 0 spiro atoms. The maximum atomic E-state index is 13.4. The van der Waals surface area contributed by atoms with E-state index < -0.39 is 0 Å². The molecule has 0 aliphatic carbocycles. The average Bonchev–Trinajstić information content (AvgIpc) is 1.64. The van der Waals surface area contributed by atoms with Crippen molar-refractivity contribution in [2.24, 2.45) is 11.8 Å². The van der Waals surface area contributed by atoms with Gasteiger partial charge in [-0.2, -0.15) is 0 Å². The standard InChI is InChI=1S/2C40H44N2O2.C2H6.12CH4/c2*1-4-6-25-44-40(43)36(26-29(3)31-17-10-7-11-18-31)27-30(5-2)34-23-16-24-35(28-34)39-41-37(32-19-12-8-13-20-32)38(42-39)33-21-14-9-15-22-33;1-2;;;;;;;;;;;;/h2*7-24,28-30,36H,4-6,25-27H2,1-3H3,(H,41,42);1-2H3;12*1H4. The molecule has 6 atom stereocenters. The first kappa shape index (κ1) is 102. The number of unbranched alkanes of at least 4 members (excludes halogenated alkanes) is 2. The van der Waals surface area contributed by atoms with E-state index >= 15 is 0 Å². The van der Waals surface area contributed by atoms with E-state index in [2.05, 4.69) is 221 Å². The van der Waals surface area contributed by atoms with Gasteiger partial charge in [-0.3, -0.25) is 9.59 Å². The number of nitrogens with one attached hydrogen (secondary N) is 2. The predicted molar refractivity (Wildman–Crippen MR) is 455 cm³/mol. The van der Waals surface area contributed by atoms with Gasteiger partial charge in [0.2, 0.25) is 0 Å². The van der Waals surface area contributed by atoms with Crippen LogP contribution in [0.3, 0.4) is 0 Å². The van der Waals surface area contributed by atoms with Crippen molar-refractivity contribution >= 4 is 11.9 Å². The van der Waals surface area contributed by atoms with Crippen LogP contribution in [-0.2, 0) is 19.1 Å². The Morgan fingerprint density at radius 2 is 0.608 bits per heavy atom. The van der Waals surface area contributed by atoms with E-state index in [1.165, 1.54) is 22.3 Å². The number of carbonyl (C=O) groups excluding carboxylic acids is 2. The number of rotatable bonds is 28. The number of aromatic amines is 2. The summed E-state index contributed by atoms with van der Waals surface area (Å²) in [6.07, 6.45) is 8.72. The number of aromatic nitrogens is 4. The number of ether oxygens (including phenoxy) is 2. The molecule has 8 heteroatoms. The summed E-state index contributed by atoms with van der Waals surface area (Å²) >= 11 is 0. The van der Waals surface area contributed by atoms with Gasteiger partial charge in [0.05, 0.1) is 47.8 Å². The highest BCUT2D eigenvalue weighted by atomic mass is 16.5. The Labute approximate surface area is 625 Å². The summed E-state index contributed by atoms with van der Waals surface area (Å²) in [4.78, 5) is 44.4. The van der Waals surface area contributed by atoms with Crippen LogP contribution in [0.1, 0.15) is 255 Å². The Morgan fingerprint density at radius 1 is 0.343 bits per heavy atom. The first-order chi connectivity index (χ1) is 44.1. The van der Waals surface area contributed by atoms with Crippen LogP contribution >= 0.6 is 0 Å². The number of hydrogen-bond acceptors (Lipinski definition) is 6. The van der Waals surface area contributed by atoms with Crippen LogP contribution in [0.15, 0.2) is 231 Å². The first-order valence-electron chi connectivity index (χ1n) is 33.2. The summed E-state index contributed by atoms with van der Waals surface area (Å²) in [6, 6.07) is 79.7. The Kier molecular flexibility index (Phi) is 53.8. The Balaban J connectivity index is -0.000000538. The molecule has 0 radical (unpaired) electrons. The molecule has 562 valence electrons. The summed E-state index contributed by atoms with van der Waals surface area (Å²) in [6.45, 7) is 18.1. The van der Waals surface area contributed by atoms with Crippen LogP contribution in [0.4, 0.5) is 0 Å². The second-order valence-corrected chi connectivity index (χ2v) is 23.5. The van der Waals surface area contributed by atoms with Gasteiger partial charge in [0.15, 0.2) is 0 Å². The van der Waals surface area contributed by atoms with Gasteiger partial charge in [0.25, 0.3) is 0 Å². The first-order valence-corrected chi connectivity index (χ1v) is 33.2. The number of carbonyl (C=O) groups is 2. The smallest absolute Gasteiger partial charge is 0.308 e. The molecule has 10 rings (SSSR count).